The van der Waals surface area contributed by atoms with Gasteiger partial charge in [-0.1, -0.05) is 20.8 Å². The van der Waals surface area contributed by atoms with Gasteiger partial charge in [-0.15, -0.1) is 11.8 Å². The van der Waals surface area contributed by atoms with E-state index in [4.69, 9.17) is 0 Å². The van der Waals surface area contributed by atoms with Crippen LogP contribution in [0.25, 0.3) is 0 Å². The maximum Gasteiger partial charge on any atom is 0.235 e. The maximum absolute atomic E-state index is 11.6. The van der Waals surface area contributed by atoms with E-state index in [-0.39, 0.29) is 10.7 Å². The first kappa shape index (κ1) is 11.8. The summed E-state index contributed by atoms with van der Waals surface area (Å²) in [6.45, 7) is 6.23. The molecule has 12 heavy (non-hydrogen) atoms. The van der Waals surface area contributed by atoms with Crippen molar-refractivity contribution in [2.24, 2.45) is 0 Å². The van der Waals surface area contributed by atoms with Crippen LogP contribution >= 0.6 is 11.8 Å². The smallest absolute Gasteiger partial charge is 0.235 e. The zero-order chi connectivity index (χ0) is 9.61. The Morgan fingerprint density at radius 3 is 2.08 bits per heavy atom. The van der Waals surface area contributed by atoms with Gasteiger partial charge in [0, 0.05) is 7.05 Å². The van der Waals surface area contributed by atoms with Crippen molar-refractivity contribution in [2.45, 2.75) is 38.4 Å². The van der Waals surface area contributed by atoms with Crippen LogP contribution in [0.5, 0.6) is 0 Å². The summed E-state index contributed by atoms with van der Waals surface area (Å²) < 4.78 is -0.191. The van der Waals surface area contributed by atoms with Gasteiger partial charge in [0.05, 0.1) is 4.75 Å². The number of hydrogen-bond acceptors (Lipinski definition) is 2. The quantitative estimate of drug-likeness (QED) is 0.717. The highest BCUT2D eigenvalue weighted by Gasteiger charge is 2.33. The fourth-order valence-corrected chi connectivity index (χ4v) is 2.54. The van der Waals surface area contributed by atoms with Crippen LogP contribution in [0.4, 0.5) is 0 Å². The number of carbonyl (C=O) groups excluding carboxylic acids is 1. The van der Waals surface area contributed by atoms with Crippen LogP contribution in [-0.2, 0) is 4.79 Å². The molecule has 0 saturated heterocycles. The van der Waals surface area contributed by atoms with E-state index in [0.717, 1.165) is 18.6 Å². The average Bonchev–Trinajstić information content (AvgIpc) is 2.13. The lowest BCUT2D eigenvalue weighted by Gasteiger charge is -2.28. The van der Waals surface area contributed by atoms with Crippen LogP contribution in [0.2, 0.25) is 0 Å². The minimum absolute atomic E-state index is 0.166. The van der Waals surface area contributed by atoms with Gasteiger partial charge in [0.25, 0.3) is 0 Å². The molecule has 0 unspecified atom stereocenters. The lowest BCUT2D eigenvalue weighted by Crippen LogP contribution is -2.42. The molecule has 1 N–H and O–H groups in total. The molecule has 0 aliphatic heterocycles. The number of carbonyl (C=O) groups is 1. The highest BCUT2D eigenvalue weighted by atomic mass is 32.2. The van der Waals surface area contributed by atoms with Crippen molar-refractivity contribution < 1.29 is 4.79 Å². The van der Waals surface area contributed by atoms with Crippen LogP contribution in [0.1, 0.15) is 33.6 Å². The minimum atomic E-state index is -0.191. The highest BCUT2D eigenvalue weighted by Crippen LogP contribution is 2.32. The standard InChI is InChI=1S/C9H19NOS/c1-5-9(6-2,12-7-3)8(11)10-4/h5-7H2,1-4H3,(H,10,11). The molecular weight excluding hydrogens is 170 g/mol. The molecule has 0 atom stereocenters. The van der Waals surface area contributed by atoms with E-state index in [9.17, 15) is 4.79 Å². The average molecular weight is 189 g/mol. The SMILES string of the molecule is CCSC(CC)(CC)C(=O)NC. The van der Waals surface area contributed by atoms with Crippen molar-refractivity contribution in [3.63, 3.8) is 0 Å². The van der Waals surface area contributed by atoms with E-state index < -0.39 is 0 Å². The Kier molecular flexibility index (Phi) is 5.38. The van der Waals surface area contributed by atoms with E-state index in [1.165, 1.54) is 0 Å². The number of amides is 1. The Morgan fingerprint density at radius 2 is 1.83 bits per heavy atom. The summed E-state index contributed by atoms with van der Waals surface area (Å²) in [6.07, 6.45) is 1.81. The Morgan fingerprint density at radius 1 is 1.33 bits per heavy atom. The van der Waals surface area contributed by atoms with Gasteiger partial charge in [-0.3, -0.25) is 4.79 Å². The van der Waals surface area contributed by atoms with Gasteiger partial charge in [0.1, 0.15) is 0 Å². The molecule has 0 aliphatic rings. The van der Waals surface area contributed by atoms with Gasteiger partial charge in [0.15, 0.2) is 0 Å². The van der Waals surface area contributed by atoms with Crippen LogP contribution in [-0.4, -0.2) is 23.5 Å². The van der Waals surface area contributed by atoms with Crippen LogP contribution < -0.4 is 5.32 Å². The van der Waals surface area contributed by atoms with Crippen molar-refractivity contribution >= 4 is 17.7 Å². The van der Waals surface area contributed by atoms with Crippen molar-refractivity contribution in [3.8, 4) is 0 Å². The van der Waals surface area contributed by atoms with Gasteiger partial charge >= 0.3 is 0 Å². The first-order valence-electron chi connectivity index (χ1n) is 4.53. The molecule has 0 radical (unpaired) electrons. The summed E-state index contributed by atoms with van der Waals surface area (Å²) in [5.74, 6) is 1.16. The number of hydrogen-bond donors (Lipinski definition) is 1. The maximum atomic E-state index is 11.6. The number of nitrogens with one attached hydrogen (secondary N) is 1. The molecule has 0 aromatic rings. The molecule has 0 aromatic carbocycles. The molecule has 0 bridgehead atoms. The van der Waals surface area contributed by atoms with E-state index in [1.807, 2.05) is 0 Å². The zero-order valence-corrected chi connectivity index (χ0v) is 9.25. The van der Waals surface area contributed by atoms with E-state index in [0.29, 0.717) is 0 Å². The second kappa shape index (κ2) is 5.46. The summed E-state index contributed by atoms with van der Waals surface area (Å²) in [7, 11) is 1.71. The van der Waals surface area contributed by atoms with Gasteiger partial charge < -0.3 is 5.32 Å². The zero-order valence-electron chi connectivity index (χ0n) is 8.44. The number of rotatable bonds is 5. The van der Waals surface area contributed by atoms with Crippen LogP contribution in [0.15, 0.2) is 0 Å². The molecule has 0 aromatic heterocycles. The molecule has 0 heterocycles. The Labute approximate surface area is 79.5 Å². The molecule has 0 spiro atoms. The molecule has 0 aliphatic carbocycles. The van der Waals surface area contributed by atoms with E-state index in [1.54, 1.807) is 18.8 Å². The predicted molar refractivity (Wildman–Crippen MR) is 55.5 cm³/mol. The third-order valence-corrected chi connectivity index (χ3v) is 3.81. The summed E-state index contributed by atoms with van der Waals surface area (Å²) in [5.41, 5.74) is 0. The van der Waals surface area contributed by atoms with Crippen LogP contribution in [0, 0.1) is 0 Å². The molecule has 3 heteroatoms. The van der Waals surface area contributed by atoms with Crippen molar-refractivity contribution in [2.75, 3.05) is 12.8 Å². The van der Waals surface area contributed by atoms with Crippen molar-refractivity contribution in [3.05, 3.63) is 0 Å². The lowest BCUT2D eigenvalue weighted by molar-refractivity contribution is -0.123. The molecule has 0 rings (SSSR count). The lowest BCUT2D eigenvalue weighted by atomic mass is 10.0. The van der Waals surface area contributed by atoms with E-state index >= 15 is 0 Å². The van der Waals surface area contributed by atoms with E-state index in [2.05, 4.69) is 26.1 Å². The fourth-order valence-electron chi connectivity index (χ4n) is 1.34. The first-order chi connectivity index (χ1) is 5.66. The van der Waals surface area contributed by atoms with Gasteiger partial charge in [-0.25, -0.2) is 0 Å². The Hall–Kier alpha value is -0.180. The van der Waals surface area contributed by atoms with Crippen LogP contribution in [0.3, 0.4) is 0 Å². The molecule has 0 saturated carbocycles. The van der Waals surface area contributed by atoms with Gasteiger partial charge in [-0.05, 0) is 18.6 Å². The second-order valence-electron chi connectivity index (χ2n) is 2.71. The number of thioether (sulfide) groups is 1. The molecule has 1 amide bonds. The third-order valence-electron chi connectivity index (χ3n) is 2.20. The molecule has 72 valence electrons. The predicted octanol–water partition coefficient (Wildman–Crippen LogP) is 2.04. The Bertz CT molecular complexity index is 143. The fraction of sp³-hybridized carbons (Fsp3) is 0.889. The molecular formula is C9H19NOS. The summed E-state index contributed by atoms with van der Waals surface area (Å²) in [5, 5.41) is 2.73. The van der Waals surface area contributed by atoms with Crippen molar-refractivity contribution in [1.82, 2.24) is 5.32 Å². The largest absolute Gasteiger partial charge is 0.358 e. The van der Waals surface area contributed by atoms with Crippen molar-refractivity contribution in [1.29, 1.82) is 0 Å². The first-order valence-corrected chi connectivity index (χ1v) is 5.51. The topological polar surface area (TPSA) is 29.1 Å². The van der Waals surface area contributed by atoms with Gasteiger partial charge in [0.2, 0.25) is 5.91 Å². The highest BCUT2D eigenvalue weighted by molar-refractivity contribution is 8.01. The summed E-state index contributed by atoms with van der Waals surface area (Å²) in [4.78, 5) is 11.6. The summed E-state index contributed by atoms with van der Waals surface area (Å²) >= 11 is 1.74. The monoisotopic (exact) mass is 189 g/mol. The third kappa shape index (κ3) is 2.41. The summed E-state index contributed by atoms with van der Waals surface area (Å²) in [6, 6.07) is 0. The minimum Gasteiger partial charge on any atom is -0.358 e. The normalized spacial score (nSPS) is 11.3. The Balaban J connectivity index is 4.44. The molecule has 0 fully saturated rings. The molecule has 2 nitrogen and oxygen atoms in total. The van der Waals surface area contributed by atoms with Gasteiger partial charge in [-0.2, -0.15) is 0 Å². The second-order valence-corrected chi connectivity index (χ2v) is 4.36.